The van der Waals surface area contributed by atoms with E-state index in [0.29, 0.717) is 17.2 Å². The van der Waals surface area contributed by atoms with E-state index in [0.717, 1.165) is 29.5 Å². The summed E-state index contributed by atoms with van der Waals surface area (Å²) in [6.07, 6.45) is 1.52. The number of nitrogens with one attached hydrogen (secondary N) is 2. The third-order valence-electron chi connectivity index (χ3n) is 6.01. The minimum atomic E-state index is -3.49. The quantitative estimate of drug-likeness (QED) is 0.508. The number of ether oxygens (including phenoxy) is 2. The second-order valence-corrected chi connectivity index (χ2v) is 9.81. The minimum Gasteiger partial charge on any atom is -0.493 e. The lowest BCUT2D eigenvalue weighted by molar-refractivity contribution is -0.118. The monoisotopic (exact) mass is 470 g/mol. The molecule has 0 bridgehead atoms. The molecule has 1 aliphatic carbocycles. The highest BCUT2D eigenvalue weighted by molar-refractivity contribution is 7.89. The fraction of sp³-hybridized carbons (Fsp3) is 0.240. The van der Waals surface area contributed by atoms with E-state index < -0.39 is 15.4 Å². The second kappa shape index (κ2) is 8.88. The van der Waals surface area contributed by atoms with Crippen LogP contribution in [0.5, 0.6) is 11.5 Å². The van der Waals surface area contributed by atoms with Gasteiger partial charge in [-0.2, -0.15) is 0 Å². The van der Waals surface area contributed by atoms with Gasteiger partial charge in [0.1, 0.15) is 0 Å². The van der Waals surface area contributed by atoms with Gasteiger partial charge < -0.3 is 14.8 Å². The van der Waals surface area contributed by atoms with E-state index in [-0.39, 0.29) is 13.7 Å². The second-order valence-electron chi connectivity index (χ2n) is 7.92. The SMILES string of the molecule is CNS(=O)(=O)c1ccc(-c2cccc(NC(=O)C3(c4ccc(OC)c(OC)c4)CC3)c2)cc1.[HH].[HH]. The van der Waals surface area contributed by atoms with Crippen molar-refractivity contribution in [2.45, 2.75) is 23.2 Å². The van der Waals surface area contributed by atoms with Crippen molar-refractivity contribution < 1.29 is 25.5 Å². The molecule has 3 aromatic carbocycles. The molecule has 1 saturated carbocycles. The number of carbonyl (C=O) groups excluding carboxylic acids is 1. The van der Waals surface area contributed by atoms with Crippen molar-refractivity contribution in [1.82, 2.24) is 4.72 Å². The molecule has 1 fully saturated rings. The fourth-order valence-corrected chi connectivity index (χ4v) is 4.61. The van der Waals surface area contributed by atoms with Crippen molar-refractivity contribution in [3.05, 3.63) is 72.3 Å². The molecule has 1 amide bonds. The van der Waals surface area contributed by atoms with Crippen LogP contribution in [0.25, 0.3) is 11.1 Å². The van der Waals surface area contributed by atoms with Gasteiger partial charge in [0, 0.05) is 8.54 Å². The predicted molar refractivity (Wildman–Crippen MR) is 131 cm³/mol. The number of hydrogen-bond acceptors (Lipinski definition) is 5. The molecule has 3 aromatic rings. The molecule has 0 unspecified atom stereocenters. The van der Waals surface area contributed by atoms with Gasteiger partial charge in [0.15, 0.2) is 11.5 Å². The topological polar surface area (TPSA) is 93.7 Å². The average Bonchev–Trinajstić information content (AvgIpc) is 3.66. The van der Waals surface area contributed by atoms with Crippen LogP contribution < -0.4 is 19.5 Å². The van der Waals surface area contributed by atoms with Gasteiger partial charge in [-0.1, -0.05) is 30.3 Å². The maximum Gasteiger partial charge on any atom is 0.240 e. The Morgan fingerprint density at radius 3 is 2.21 bits per heavy atom. The van der Waals surface area contributed by atoms with Crippen LogP contribution in [0, 0.1) is 0 Å². The summed E-state index contributed by atoms with van der Waals surface area (Å²) in [6.45, 7) is 0. The number of rotatable bonds is 8. The van der Waals surface area contributed by atoms with E-state index in [1.165, 1.54) is 7.05 Å². The summed E-state index contributed by atoms with van der Waals surface area (Å²) >= 11 is 0. The molecule has 0 aliphatic heterocycles. The van der Waals surface area contributed by atoms with Crippen LogP contribution in [0.3, 0.4) is 0 Å². The van der Waals surface area contributed by atoms with Crippen LogP contribution in [0.15, 0.2) is 71.6 Å². The first kappa shape index (κ1) is 22.8. The molecular formula is C25H30N2O5S. The van der Waals surface area contributed by atoms with Gasteiger partial charge in [0.2, 0.25) is 15.9 Å². The molecule has 176 valence electrons. The summed E-state index contributed by atoms with van der Waals surface area (Å²) in [4.78, 5) is 13.4. The maximum atomic E-state index is 13.2. The van der Waals surface area contributed by atoms with Gasteiger partial charge >= 0.3 is 0 Å². The number of carbonyl (C=O) groups is 1. The summed E-state index contributed by atoms with van der Waals surface area (Å²) in [5.74, 6) is 1.15. The van der Waals surface area contributed by atoms with Crippen LogP contribution in [0.2, 0.25) is 0 Å². The predicted octanol–water partition coefficient (Wildman–Crippen LogP) is 4.44. The van der Waals surface area contributed by atoms with Crippen molar-refractivity contribution in [2.24, 2.45) is 0 Å². The molecular weight excluding hydrogens is 440 g/mol. The Kier molecular flexibility index (Phi) is 6.14. The summed E-state index contributed by atoms with van der Waals surface area (Å²) in [7, 11) is 1.05. The Morgan fingerprint density at radius 2 is 1.61 bits per heavy atom. The third kappa shape index (κ3) is 4.44. The lowest BCUT2D eigenvalue weighted by Gasteiger charge is -2.18. The van der Waals surface area contributed by atoms with Gasteiger partial charge in [0.25, 0.3) is 0 Å². The van der Waals surface area contributed by atoms with E-state index in [2.05, 4.69) is 10.0 Å². The fourth-order valence-electron chi connectivity index (χ4n) is 3.88. The highest BCUT2D eigenvalue weighted by Gasteiger charge is 2.51. The highest BCUT2D eigenvalue weighted by atomic mass is 32.2. The Hall–Kier alpha value is -3.36. The molecule has 0 aromatic heterocycles. The van der Waals surface area contributed by atoms with Gasteiger partial charge in [-0.05, 0) is 73.0 Å². The van der Waals surface area contributed by atoms with Crippen molar-refractivity contribution in [2.75, 3.05) is 26.6 Å². The number of sulfonamides is 1. The molecule has 0 spiro atoms. The van der Waals surface area contributed by atoms with E-state index in [4.69, 9.17) is 9.47 Å². The van der Waals surface area contributed by atoms with Gasteiger partial charge in [-0.3, -0.25) is 4.79 Å². The Bertz CT molecular complexity index is 1290. The van der Waals surface area contributed by atoms with E-state index >= 15 is 0 Å². The lowest BCUT2D eigenvalue weighted by atomic mass is 9.94. The Balaban J connectivity index is 0.00000216. The number of benzene rings is 3. The molecule has 0 radical (unpaired) electrons. The van der Waals surface area contributed by atoms with E-state index in [1.807, 2.05) is 42.5 Å². The molecule has 4 rings (SSSR count). The van der Waals surface area contributed by atoms with Crippen LogP contribution in [-0.2, 0) is 20.2 Å². The lowest BCUT2D eigenvalue weighted by Crippen LogP contribution is -2.27. The van der Waals surface area contributed by atoms with Gasteiger partial charge in [-0.25, -0.2) is 13.1 Å². The maximum absolute atomic E-state index is 13.2. The van der Waals surface area contributed by atoms with Crippen LogP contribution >= 0.6 is 0 Å². The van der Waals surface area contributed by atoms with E-state index in [9.17, 15) is 13.2 Å². The first-order valence-electron chi connectivity index (χ1n) is 10.5. The van der Waals surface area contributed by atoms with Crippen LogP contribution in [0.4, 0.5) is 5.69 Å². The molecule has 0 atom stereocenters. The Morgan fingerprint density at radius 1 is 0.909 bits per heavy atom. The molecule has 33 heavy (non-hydrogen) atoms. The summed E-state index contributed by atoms with van der Waals surface area (Å²) in [6, 6.07) is 19.7. The van der Waals surface area contributed by atoms with Gasteiger partial charge in [0.05, 0.1) is 24.5 Å². The smallest absolute Gasteiger partial charge is 0.240 e. The van der Waals surface area contributed by atoms with Gasteiger partial charge in [-0.15, -0.1) is 0 Å². The number of hydrogen-bond donors (Lipinski definition) is 2. The van der Waals surface area contributed by atoms with Crippen molar-refractivity contribution >= 4 is 21.6 Å². The zero-order valence-electron chi connectivity index (χ0n) is 18.7. The Labute approximate surface area is 196 Å². The summed E-state index contributed by atoms with van der Waals surface area (Å²) in [5, 5.41) is 3.05. The number of amides is 1. The van der Waals surface area contributed by atoms with Crippen molar-refractivity contribution in [3.8, 4) is 22.6 Å². The third-order valence-corrected chi connectivity index (χ3v) is 7.44. The first-order chi connectivity index (χ1) is 15.8. The molecule has 8 heteroatoms. The first-order valence-corrected chi connectivity index (χ1v) is 12.0. The summed E-state index contributed by atoms with van der Waals surface area (Å²) in [5.41, 5.74) is 2.71. The molecule has 0 saturated heterocycles. The normalized spacial score (nSPS) is 14.4. The molecule has 7 nitrogen and oxygen atoms in total. The van der Waals surface area contributed by atoms with E-state index in [1.54, 1.807) is 38.5 Å². The largest absolute Gasteiger partial charge is 0.493 e. The molecule has 1 aliphatic rings. The zero-order valence-corrected chi connectivity index (χ0v) is 19.5. The average molecular weight is 471 g/mol. The van der Waals surface area contributed by atoms with Crippen molar-refractivity contribution in [3.63, 3.8) is 0 Å². The van der Waals surface area contributed by atoms with Crippen LogP contribution in [0.1, 0.15) is 21.3 Å². The zero-order chi connectivity index (χ0) is 23.6. The number of methoxy groups -OCH3 is 2. The molecule has 0 heterocycles. The summed E-state index contributed by atoms with van der Waals surface area (Å²) < 4.78 is 36.9. The standard InChI is InChI=1S/C25H26N2O5S.2H2/c1-26-33(29,30)21-10-7-17(8-11-21)18-5-4-6-20(15-18)27-24(28)25(13-14-25)19-9-12-22(31-2)23(16-19)32-3;;/h4-12,15-16,26H,13-14H2,1-3H3,(H,27,28);2*1H. The van der Waals surface area contributed by atoms with Crippen LogP contribution in [-0.4, -0.2) is 35.6 Å². The number of anilines is 1. The minimum absolute atomic E-state index is 0. The van der Waals surface area contributed by atoms with Crippen molar-refractivity contribution in [1.29, 1.82) is 0 Å². The molecule has 2 N–H and O–H groups in total. The highest BCUT2D eigenvalue weighted by Crippen LogP contribution is 2.50.